The molecular formula is C12H20N4. The van der Waals surface area contributed by atoms with Crippen molar-refractivity contribution < 1.29 is 0 Å². The van der Waals surface area contributed by atoms with E-state index >= 15 is 0 Å². The van der Waals surface area contributed by atoms with Gasteiger partial charge in [0.1, 0.15) is 0 Å². The average Bonchev–Trinajstić information content (AvgIpc) is 2.89. The van der Waals surface area contributed by atoms with Gasteiger partial charge in [-0.2, -0.15) is 5.10 Å². The number of hydrogen-bond acceptors (Lipinski definition) is 3. The van der Waals surface area contributed by atoms with Crippen molar-refractivity contribution in [2.75, 3.05) is 13.1 Å². The third-order valence-electron chi connectivity index (χ3n) is 3.89. The number of piperidine rings is 1. The van der Waals surface area contributed by atoms with E-state index in [2.05, 4.69) is 10.00 Å². The Kier molecular flexibility index (Phi) is 2.69. The maximum absolute atomic E-state index is 5.90. The molecule has 0 unspecified atom stereocenters. The largest absolute Gasteiger partial charge is 0.325 e. The number of fused-ring (bicyclic) bond motifs is 1. The van der Waals surface area contributed by atoms with E-state index in [4.69, 9.17) is 10.8 Å². The third-order valence-corrected chi connectivity index (χ3v) is 3.89. The highest BCUT2D eigenvalue weighted by molar-refractivity contribution is 5.30. The number of nitrogens with one attached hydrogen (secondary N) is 1. The Labute approximate surface area is 96.2 Å². The Hall–Kier alpha value is -0.870. The second-order valence-corrected chi connectivity index (χ2v) is 4.86. The van der Waals surface area contributed by atoms with Gasteiger partial charge in [-0.15, -0.1) is 0 Å². The lowest BCUT2D eigenvalue weighted by Gasteiger charge is -2.25. The van der Waals surface area contributed by atoms with Crippen LogP contribution < -0.4 is 11.1 Å². The normalized spacial score (nSPS) is 21.3. The molecule has 3 rings (SSSR count). The summed E-state index contributed by atoms with van der Waals surface area (Å²) in [6.07, 6.45) is 5.98. The molecule has 16 heavy (non-hydrogen) atoms. The van der Waals surface area contributed by atoms with E-state index < -0.39 is 0 Å². The standard InChI is InChI=1S/C12H20N4/c13-8-12-10-2-1-3-11(10)15-16(12)9-4-6-14-7-5-9/h9,14H,1-8,13H2. The lowest BCUT2D eigenvalue weighted by molar-refractivity contribution is 0.333. The van der Waals surface area contributed by atoms with E-state index in [1.807, 2.05) is 0 Å². The van der Waals surface area contributed by atoms with Gasteiger partial charge >= 0.3 is 0 Å². The summed E-state index contributed by atoms with van der Waals surface area (Å²) in [5.41, 5.74) is 9.98. The van der Waals surface area contributed by atoms with Crippen LogP contribution >= 0.6 is 0 Å². The van der Waals surface area contributed by atoms with Crippen molar-refractivity contribution in [2.45, 2.75) is 44.7 Å². The Morgan fingerprint density at radius 1 is 1.31 bits per heavy atom. The molecule has 0 atom stereocenters. The summed E-state index contributed by atoms with van der Waals surface area (Å²) in [4.78, 5) is 0. The van der Waals surface area contributed by atoms with Crippen molar-refractivity contribution in [3.05, 3.63) is 17.0 Å². The first-order chi connectivity index (χ1) is 7.90. The molecule has 0 radical (unpaired) electrons. The second-order valence-electron chi connectivity index (χ2n) is 4.86. The van der Waals surface area contributed by atoms with Gasteiger partial charge in [0, 0.05) is 6.54 Å². The van der Waals surface area contributed by atoms with E-state index in [1.54, 1.807) is 0 Å². The molecule has 3 N–H and O–H groups in total. The van der Waals surface area contributed by atoms with Gasteiger partial charge in [0.15, 0.2) is 0 Å². The van der Waals surface area contributed by atoms with Crippen molar-refractivity contribution >= 4 is 0 Å². The Morgan fingerprint density at radius 2 is 2.12 bits per heavy atom. The van der Waals surface area contributed by atoms with Crippen LogP contribution in [0.25, 0.3) is 0 Å². The van der Waals surface area contributed by atoms with E-state index in [9.17, 15) is 0 Å². The van der Waals surface area contributed by atoms with Crippen molar-refractivity contribution in [3.8, 4) is 0 Å². The molecule has 88 valence electrons. The first kappa shape index (κ1) is 10.3. The van der Waals surface area contributed by atoms with Crippen LogP contribution in [0.2, 0.25) is 0 Å². The molecule has 0 saturated carbocycles. The molecule has 0 spiro atoms. The molecule has 1 aromatic rings. The number of nitrogens with two attached hydrogens (primary N) is 1. The lowest BCUT2D eigenvalue weighted by atomic mass is 10.1. The van der Waals surface area contributed by atoms with E-state index in [0.29, 0.717) is 12.6 Å². The highest BCUT2D eigenvalue weighted by atomic mass is 15.3. The van der Waals surface area contributed by atoms with E-state index in [-0.39, 0.29) is 0 Å². The summed E-state index contributed by atoms with van der Waals surface area (Å²) in [5.74, 6) is 0. The van der Waals surface area contributed by atoms with Crippen LogP contribution in [-0.4, -0.2) is 22.9 Å². The van der Waals surface area contributed by atoms with Crippen LogP contribution in [-0.2, 0) is 19.4 Å². The van der Waals surface area contributed by atoms with Gasteiger partial charge in [0.05, 0.1) is 17.4 Å². The molecule has 2 heterocycles. The Bertz CT molecular complexity index is 377. The topological polar surface area (TPSA) is 55.9 Å². The molecule has 1 aliphatic heterocycles. The molecule has 1 saturated heterocycles. The molecule has 0 amide bonds. The zero-order chi connectivity index (χ0) is 11.0. The van der Waals surface area contributed by atoms with Crippen molar-refractivity contribution in [3.63, 3.8) is 0 Å². The zero-order valence-electron chi connectivity index (χ0n) is 9.71. The number of rotatable bonds is 2. The molecule has 1 fully saturated rings. The summed E-state index contributed by atoms with van der Waals surface area (Å²) in [7, 11) is 0. The minimum Gasteiger partial charge on any atom is -0.325 e. The van der Waals surface area contributed by atoms with Gasteiger partial charge in [-0.3, -0.25) is 4.68 Å². The van der Waals surface area contributed by atoms with Crippen LogP contribution in [0.3, 0.4) is 0 Å². The fourth-order valence-electron chi connectivity index (χ4n) is 3.05. The van der Waals surface area contributed by atoms with Gasteiger partial charge in [0.2, 0.25) is 0 Å². The summed E-state index contributed by atoms with van der Waals surface area (Å²) in [6, 6.07) is 0.574. The minimum absolute atomic E-state index is 0.574. The minimum atomic E-state index is 0.574. The van der Waals surface area contributed by atoms with Gasteiger partial charge in [0.25, 0.3) is 0 Å². The molecule has 4 heteroatoms. The third kappa shape index (κ3) is 1.57. The smallest absolute Gasteiger partial charge is 0.0660 e. The van der Waals surface area contributed by atoms with Crippen LogP contribution in [0.5, 0.6) is 0 Å². The van der Waals surface area contributed by atoms with Gasteiger partial charge in [-0.05, 0) is 50.8 Å². The van der Waals surface area contributed by atoms with E-state index in [1.165, 1.54) is 42.6 Å². The van der Waals surface area contributed by atoms with Gasteiger partial charge in [-0.1, -0.05) is 0 Å². The Balaban J connectivity index is 1.93. The first-order valence-corrected chi connectivity index (χ1v) is 6.40. The van der Waals surface area contributed by atoms with Crippen molar-refractivity contribution in [1.82, 2.24) is 15.1 Å². The maximum atomic E-state index is 5.90. The number of nitrogens with zero attached hydrogens (tertiary/aromatic N) is 2. The summed E-state index contributed by atoms with van der Waals surface area (Å²) < 4.78 is 2.24. The van der Waals surface area contributed by atoms with Crippen molar-refractivity contribution in [2.24, 2.45) is 5.73 Å². The SMILES string of the molecule is NCc1c2c(nn1C1CCNCC1)CCC2. The number of hydrogen-bond donors (Lipinski definition) is 2. The summed E-state index contributed by atoms with van der Waals surface area (Å²) in [5, 5.41) is 8.19. The quantitative estimate of drug-likeness (QED) is 0.773. The first-order valence-electron chi connectivity index (χ1n) is 6.40. The van der Waals surface area contributed by atoms with Crippen LogP contribution in [0.4, 0.5) is 0 Å². The molecule has 1 aromatic heterocycles. The van der Waals surface area contributed by atoms with Crippen LogP contribution in [0.1, 0.15) is 42.3 Å². The van der Waals surface area contributed by atoms with E-state index in [0.717, 1.165) is 19.5 Å². The van der Waals surface area contributed by atoms with Crippen LogP contribution in [0, 0.1) is 0 Å². The predicted molar refractivity (Wildman–Crippen MR) is 63.3 cm³/mol. The molecule has 2 aliphatic rings. The number of aromatic nitrogens is 2. The van der Waals surface area contributed by atoms with Crippen LogP contribution in [0.15, 0.2) is 0 Å². The Morgan fingerprint density at radius 3 is 2.88 bits per heavy atom. The number of aryl methyl sites for hydroxylation is 1. The monoisotopic (exact) mass is 220 g/mol. The lowest BCUT2D eigenvalue weighted by Crippen LogP contribution is -2.31. The highest BCUT2D eigenvalue weighted by Crippen LogP contribution is 2.29. The maximum Gasteiger partial charge on any atom is 0.0660 e. The predicted octanol–water partition coefficient (Wildman–Crippen LogP) is 0.755. The molecule has 0 aromatic carbocycles. The molecule has 4 nitrogen and oxygen atoms in total. The molecular weight excluding hydrogens is 200 g/mol. The second kappa shape index (κ2) is 4.18. The summed E-state index contributed by atoms with van der Waals surface area (Å²) >= 11 is 0. The average molecular weight is 220 g/mol. The fraction of sp³-hybridized carbons (Fsp3) is 0.750. The molecule has 1 aliphatic carbocycles. The van der Waals surface area contributed by atoms with Gasteiger partial charge < -0.3 is 11.1 Å². The zero-order valence-corrected chi connectivity index (χ0v) is 9.71. The van der Waals surface area contributed by atoms with Crippen molar-refractivity contribution in [1.29, 1.82) is 0 Å². The highest BCUT2D eigenvalue weighted by Gasteiger charge is 2.25. The molecule has 0 bridgehead atoms. The van der Waals surface area contributed by atoms with Gasteiger partial charge in [-0.25, -0.2) is 0 Å². The summed E-state index contributed by atoms with van der Waals surface area (Å²) in [6.45, 7) is 2.87. The fourth-order valence-corrected chi connectivity index (χ4v) is 3.05.